The van der Waals surface area contributed by atoms with Gasteiger partial charge in [-0.2, -0.15) is 0 Å². The SMILES string of the molecule is CN(C)C(=O)CN1CCN(c2ccc(F)cc2)C1=O. The lowest BCUT2D eigenvalue weighted by molar-refractivity contribution is -0.129. The molecule has 1 aromatic rings. The van der Waals surface area contributed by atoms with Crippen LogP contribution < -0.4 is 4.90 Å². The number of carbonyl (C=O) groups is 2. The number of urea groups is 1. The van der Waals surface area contributed by atoms with Crippen LogP contribution in [0.3, 0.4) is 0 Å². The van der Waals surface area contributed by atoms with Crippen molar-refractivity contribution in [2.24, 2.45) is 0 Å². The zero-order valence-electron chi connectivity index (χ0n) is 11.0. The van der Waals surface area contributed by atoms with Crippen molar-refractivity contribution in [3.05, 3.63) is 30.1 Å². The maximum Gasteiger partial charge on any atom is 0.325 e. The normalized spacial score (nSPS) is 15.0. The third kappa shape index (κ3) is 2.83. The first-order chi connectivity index (χ1) is 8.99. The van der Waals surface area contributed by atoms with Crippen LogP contribution in [0.5, 0.6) is 0 Å². The van der Waals surface area contributed by atoms with Crippen molar-refractivity contribution >= 4 is 17.6 Å². The second-order valence-corrected chi connectivity index (χ2v) is 4.62. The van der Waals surface area contributed by atoms with E-state index in [1.165, 1.54) is 21.9 Å². The number of rotatable bonds is 3. The topological polar surface area (TPSA) is 43.9 Å². The van der Waals surface area contributed by atoms with Crippen molar-refractivity contribution in [3.63, 3.8) is 0 Å². The van der Waals surface area contributed by atoms with Crippen LogP contribution >= 0.6 is 0 Å². The van der Waals surface area contributed by atoms with Crippen molar-refractivity contribution in [1.29, 1.82) is 0 Å². The van der Waals surface area contributed by atoms with Gasteiger partial charge in [0, 0.05) is 32.9 Å². The minimum atomic E-state index is -0.338. The van der Waals surface area contributed by atoms with Crippen LogP contribution in [-0.4, -0.2) is 55.5 Å². The van der Waals surface area contributed by atoms with Gasteiger partial charge in [-0.15, -0.1) is 0 Å². The molecule has 102 valence electrons. The molecule has 5 nitrogen and oxygen atoms in total. The van der Waals surface area contributed by atoms with E-state index in [0.29, 0.717) is 18.8 Å². The Labute approximate surface area is 111 Å². The molecule has 0 unspecified atom stereocenters. The summed E-state index contributed by atoms with van der Waals surface area (Å²) in [4.78, 5) is 28.2. The molecule has 1 saturated heterocycles. The Kier molecular flexibility index (Phi) is 3.69. The maximum atomic E-state index is 12.8. The van der Waals surface area contributed by atoms with Gasteiger partial charge in [0.2, 0.25) is 5.91 Å². The Morgan fingerprint density at radius 2 is 1.89 bits per heavy atom. The first-order valence-corrected chi connectivity index (χ1v) is 6.01. The van der Waals surface area contributed by atoms with Crippen molar-refractivity contribution in [2.75, 3.05) is 38.6 Å². The molecule has 1 aliphatic rings. The van der Waals surface area contributed by atoms with Crippen molar-refractivity contribution < 1.29 is 14.0 Å². The van der Waals surface area contributed by atoms with Gasteiger partial charge in [-0.1, -0.05) is 0 Å². The van der Waals surface area contributed by atoms with Gasteiger partial charge >= 0.3 is 6.03 Å². The van der Waals surface area contributed by atoms with Gasteiger partial charge in [-0.3, -0.25) is 9.69 Å². The van der Waals surface area contributed by atoms with Gasteiger partial charge in [0.05, 0.1) is 0 Å². The molecule has 2 rings (SSSR count). The van der Waals surface area contributed by atoms with Crippen LogP contribution in [0.1, 0.15) is 0 Å². The Hall–Kier alpha value is -2.11. The zero-order valence-corrected chi connectivity index (χ0v) is 11.0. The van der Waals surface area contributed by atoms with E-state index in [1.807, 2.05) is 0 Å². The van der Waals surface area contributed by atoms with E-state index >= 15 is 0 Å². The summed E-state index contributed by atoms with van der Waals surface area (Å²) in [5, 5.41) is 0. The second kappa shape index (κ2) is 5.26. The Morgan fingerprint density at radius 1 is 1.26 bits per heavy atom. The number of amides is 3. The van der Waals surface area contributed by atoms with Crippen molar-refractivity contribution in [2.45, 2.75) is 0 Å². The number of carbonyl (C=O) groups excluding carboxylic acids is 2. The molecule has 1 heterocycles. The molecule has 3 amide bonds. The fraction of sp³-hybridized carbons (Fsp3) is 0.385. The van der Waals surface area contributed by atoms with E-state index in [1.54, 1.807) is 31.1 Å². The fourth-order valence-corrected chi connectivity index (χ4v) is 1.89. The molecule has 1 aliphatic heterocycles. The smallest absolute Gasteiger partial charge is 0.325 e. The molecule has 1 aromatic carbocycles. The van der Waals surface area contributed by atoms with Crippen LogP contribution in [0.25, 0.3) is 0 Å². The zero-order chi connectivity index (χ0) is 14.0. The summed E-state index contributed by atoms with van der Waals surface area (Å²) in [5.41, 5.74) is 0.645. The minimum Gasteiger partial charge on any atom is -0.347 e. The number of hydrogen-bond acceptors (Lipinski definition) is 2. The molecule has 19 heavy (non-hydrogen) atoms. The fourth-order valence-electron chi connectivity index (χ4n) is 1.89. The summed E-state index contributed by atoms with van der Waals surface area (Å²) in [6, 6.07) is 5.53. The summed E-state index contributed by atoms with van der Waals surface area (Å²) in [6.07, 6.45) is 0. The first-order valence-electron chi connectivity index (χ1n) is 6.01. The summed E-state index contributed by atoms with van der Waals surface area (Å²) >= 11 is 0. The molecule has 0 radical (unpaired) electrons. The predicted molar refractivity (Wildman–Crippen MR) is 69.4 cm³/mol. The molecule has 0 bridgehead atoms. The minimum absolute atomic E-state index is 0.0729. The first kappa shape index (κ1) is 13.3. The molecule has 6 heteroatoms. The molecule has 0 atom stereocenters. The largest absolute Gasteiger partial charge is 0.347 e. The molecular formula is C13H16FN3O2. The summed E-state index contributed by atoms with van der Waals surface area (Å²) in [7, 11) is 3.31. The second-order valence-electron chi connectivity index (χ2n) is 4.62. The molecular weight excluding hydrogens is 249 g/mol. The number of halogens is 1. The number of nitrogens with zero attached hydrogens (tertiary/aromatic N) is 3. The van der Waals surface area contributed by atoms with Gasteiger partial charge in [-0.25, -0.2) is 9.18 Å². The van der Waals surface area contributed by atoms with E-state index in [-0.39, 0.29) is 24.3 Å². The average Bonchev–Trinajstić information content (AvgIpc) is 2.72. The number of benzene rings is 1. The van der Waals surface area contributed by atoms with Crippen molar-refractivity contribution in [3.8, 4) is 0 Å². The van der Waals surface area contributed by atoms with E-state index in [9.17, 15) is 14.0 Å². The lowest BCUT2D eigenvalue weighted by Crippen LogP contribution is -2.39. The average molecular weight is 265 g/mol. The highest BCUT2D eigenvalue weighted by atomic mass is 19.1. The van der Waals surface area contributed by atoms with Gasteiger partial charge in [-0.05, 0) is 24.3 Å². The van der Waals surface area contributed by atoms with Gasteiger partial charge in [0.15, 0.2) is 0 Å². The summed E-state index contributed by atoms with van der Waals surface area (Å²) in [5.74, 6) is -0.454. The highest BCUT2D eigenvalue weighted by molar-refractivity contribution is 5.96. The summed E-state index contributed by atoms with van der Waals surface area (Å²) in [6.45, 7) is 1.07. The highest BCUT2D eigenvalue weighted by Crippen LogP contribution is 2.20. The third-order valence-electron chi connectivity index (χ3n) is 3.06. The number of hydrogen-bond donors (Lipinski definition) is 0. The molecule has 1 fully saturated rings. The van der Waals surface area contributed by atoms with Crippen LogP contribution in [0.2, 0.25) is 0 Å². The van der Waals surface area contributed by atoms with Gasteiger partial charge < -0.3 is 9.80 Å². The Balaban J connectivity index is 2.05. The van der Waals surface area contributed by atoms with Gasteiger partial charge in [0.25, 0.3) is 0 Å². The Bertz CT molecular complexity index is 487. The van der Waals surface area contributed by atoms with E-state index in [0.717, 1.165) is 0 Å². The maximum absolute atomic E-state index is 12.8. The lowest BCUT2D eigenvalue weighted by atomic mass is 10.3. The van der Waals surface area contributed by atoms with Crippen LogP contribution in [0, 0.1) is 5.82 Å². The standard InChI is InChI=1S/C13H16FN3O2/c1-15(2)12(18)9-16-7-8-17(13(16)19)11-5-3-10(14)4-6-11/h3-6H,7-9H2,1-2H3. The molecule has 0 spiro atoms. The summed E-state index contributed by atoms with van der Waals surface area (Å²) < 4.78 is 12.8. The lowest BCUT2D eigenvalue weighted by Gasteiger charge is -2.20. The molecule has 0 saturated carbocycles. The third-order valence-corrected chi connectivity index (χ3v) is 3.06. The molecule has 0 N–H and O–H groups in total. The molecule has 0 aromatic heterocycles. The van der Waals surface area contributed by atoms with E-state index in [4.69, 9.17) is 0 Å². The predicted octanol–water partition coefficient (Wildman–Crippen LogP) is 1.16. The quantitative estimate of drug-likeness (QED) is 0.823. The Morgan fingerprint density at radius 3 is 2.47 bits per heavy atom. The van der Waals surface area contributed by atoms with Crippen molar-refractivity contribution in [1.82, 2.24) is 9.80 Å². The highest BCUT2D eigenvalue weighted by Gasteiger charge is 2.30. The number of likely N-dealkylation sites (N-methyl/N-ethyl adjacent to an activating group) is 1. The van der Waals surface area contributed by atoms with E-state index < -0.39 is 0 Å². The monoisotopic (exact) mass is 265 g/mol. The van der Waals surface area contributed by atoms with Gasteiger partial charge in [0.1, 0.15) is 12.4 Å². The molecule has 0 aliphatic carbocycles. The van der Waals surface area contributed by atoms with Crippen LogP contribution in [0.15, 0.2) is 24.3 Å². The van der Waals surface area contributed by atoms with Crippen LogP contribution in [0.4, 0.5) is 14.9 Å². The van der Waals surface area contributed by atoms with Crippen LogP contribution in [-0.2, 0) is 4.79 Å². The van der Waals surface area contributed by atoms with E-state index in [2.05, 4.69) is 0 Å². The number of anilines is 1.